The Morgan fingerprint density at radius 3 is 2.87 bits per heavy atom. The first-order chi connectivity index (χ1) is 6.92. The Balaban J connectivity index is 2.62. The van der Waals surface area contributed by atoms with Crippen LogP contribution in [0, 0.1) is 0 Å². The third-order valence-corrected chi connectivity index (χ3v) is 3.35. The SMILES string of the molecule is CN1c2cc(Cl)nc(=O)n2CCC1(C)C. The molecule has 82 valence electrons. The van der Waals surface area contributed by atoms with Gasteiger partial charge in [-0.15, -0.1) is 0 Å². The standard InChI is InChI=1S/C10H14ClN3O/c1-10(2)4-5-14-8(13(10)3)6-7(11)12-9(14)15/h6H,4-5H2,1-3H3. The monoisotopic (exact) mass is 227 g/mol. The smallest absolute Gasteiger partial charge is 0.350 e. The van der Waals surface area contributed by atoms with Gasteiger partial charge in [-0.3, -0.25) is 4.57 Å². The molecule has 0 saturated heterocycles. The largest absolute Gasteiger partial charge is 0.356 e. The van der Waals surface area contributed by atoms with Gasteiger partial charge in [-0.2, -0.15) is 4.98 Å². The van der Waals surface area contributed by atoms with Crippen molar-refractivity contribution in [3.05, 3.63) is 21.7 Å². The maximum Gasteiger partial charge on any atom is 0.350 e. The number of hydrogen-bond donors (Lipinski definition) is 0. The first-order valence-electron chi connectivity index (χ1n) is 4.93. The summed E-state index contributed by atoms with van der Waals surface area (Å²) >= 11 is 5.79. The molecule has 1 aromatic heterocycles. The molecule has 2 heterocycles. The van der Waals surface area contributed by atoms with Crippen LogP contribution in [-0.2, 0) is 6.54 Å². The molecule has 15 heavy (non-hydrogen) atoms. The molecule has 5 heteroatoms. The number of halogens is 1. The first-order valence-corrected chi connectivity index (χ1v) is 5.31. The van der Waals surface area contributed by atoms with Crippen molar-refractivity contribution in [3.63, 3.8) is 0 Å². The molecule has 0 amide bonds. The van der Waals surface area contributed by atoms with E-state index in [4.69, 9.17) is 11.6 Å². The van der Waals surface area contributed by atoms with Gasteiger partial charge < -0.3 is 4.90 Å². The van der Waals surface area contributed by atoms with Crippen LogP contribution in [-0.4, -0.2) is 22.1 Å². The molecule has 1 aromatic rings. The molecule has 1 aliphatic heterocycles. The predicted octanol–water partition coefficient (Wildman–Crippen LogP) is 1.52. The summed E-state index contributed by atoms with van der Waals surface area (Å²) in [7, 11) is 1.97. The van der Waals surface area contributed by atoms with Gasteiger partial charge in [0.2, 0.25) is 0 Å². The topological polar surface area (TPSA) is 38.1 Å². The van der Waals surface area contributed by atoms with E-state index in [0.717, 1.165) is 12.2 Å². The number of aromatic nitrogens is 2. The van der Waals surface area contributed by atoms with Crippen LogP contribution in [0.25, 0.3) is 0 Å². The van der Waals surface area contributed by atoms with Crippen LogP contribution < -0.4 is 10.6 Å². The maximum atomic E-state index is 11.6. The average Bonchev–Trinajstić information content (AvgIpc) is 2.12. The minimum atomic E-state index is -0.264. The van der Waals surface area contributed by atoms with Crippen LogP contribution in [0.2, 0.25) is 5.15 Å². The van der Waals surface area contributed by atoms with Crippen molar-refractivity contribution in [2.24, 2.45) is 0 Å². The van der Waals surface area contributed by atoms with E-state index in [1.807, 2.05) is 7.05 Å². The highest BCUT2D eigenvalue weighted by atomic mass is 35.5. The van der Waals surface area contributed by atoms with E-state index in [-0.39, 0.29) is 16.4 Å². The van der Waals surface area contributed by atoms with E-state index in [2.05, 4.69) is 23.7 Å². The van der Waals surface area contributed by atoms with Gasteiger partial charge in [-0.05, 0) is 20.3 Å². The van der Waals surface area contributed by atoms with E-state index < -0.39 is 0 Å². The molecule has 4 nitrogen and oxygen atoms in total. The van der Waals surface area contributed by atoms with Crippen LogP contribution in [0.3, 0.4) is 0 Å². The van der Waals surface area contributed by atoms with Crippen molar-refractivity contribution >= 4 is 17.4 Å². The van der Waals surface area contributed by atoms with Gasteiger partial charge in [-0.1, -0.05) is 11.6 Å². The summed E-state index contributed by atoms with van der Waals surface area (Å²) in [5.74, 6) is 0.844. The normalized spacial score (nSPS) is 18.8. The quantitative estimate of drug-likeness (QED) is 0.631. The lowest BCUT2D eigenvalue weighted by Crippen LogP contribution is -2.49. The molecule has 2 rings (SSSR count). The van der Waals surface area contributed by atoms with Crippen LogP contribution in [0.5, 0.6) is 0 Å². The predicted molar refractivity (Wildman–Crippen MR) is 60.6 cm³/mol. The maximum absolute atomic E-state index is 11.6. The van der Waals surface area contributed by atoms with Crippen LogP contribution >= 0.6 is 11.6 Å². The molecule has 0 aliphatic carbocycles. The molecule has 0 spiro atoms. The van der Waals surface area contributed by atoms with Crippen molar-refractivity contribution in [3.8, 4) is 0 Å². The Morgan fingerprint density at radius 1 is 1.53 bits per heavy atom. The summed E-state index contributed by atoms with van der Waals surface area (Å²) in [5.41, 5.74) is -0.211. The second-order valence-corrected chi connectivity index (χ2v) is 4.88. The lowest BCUT2D eigenvalue weighted by Gasteiger charge is -2.42. The van der Waals surface area contributed by atoms with Crippen molar-refractivity contribution in [2.45, 2.75) is 32.4 Å². The van der Waals surface area contributed by atoms with E-state index in [1.54, 1.807) is 10.6 Å². The molecule has 0 aromatic carbocycles. The number of rotatable bonds is 0. The molecular formula is C10H14ClN3O. The minimum absolute atomic E-state index is 0.0527. The summed E-state index contributed by atoms with van der Waals surface area (Å²) in [6.07, 6.45) is 0.930. The zero-order valence-electron chi connectivity index (χ0n) is 9.12. The molecular weight excluding hydrogens is 214 g/mol. The fourth-order valence-electron chi connectivity index (χ4n) is 1.82. The van der Waals surface area contributed by atoms with Crippen molar-refractivity contribution < 1.29 is 0 Å². The second kappa shape index (κ2) is 3.23. The Bertz CT molecular complexity index is 452. The third-order valence-electron chi connectivity index (χ3n) is 3.16. The van der Waals surface area contributed by atoms with E-state index in [0.29, 0.717) is 6.54 Å². The van der Waals surface area contributed by atoms with Crippen molar-refractivity contribution in [2.75, 3.05) is 11.9 Å². The molecule has 0 N–H and O–H groups in total. The number of fused-ring (bicyclic) bond motifs is 1. The lowest BCUT2D eigenvalue weighted by atomic mass is 9.96. The molecule has 0 atom stereocenters. The Kier molecular flexibility index (Phi) is 2.26. The van der Waals surface area contributed by atoms with E-state index in [1.165, 1.54) is 0 Å². The fraction of sp³-hybridized carbons (Fsp3) is 0.600. The summed E-state index contributed by atoms with van der Waals surface area (Å²) < 4.78 is 1.66. The summed E-state index contributed by atoms with van der Waals surface area (Å²) in [5, 5.41) is 0.260. The van der Waals surface area contributed by atoms with Gasteiger partial charge in [0.25, 0.3) is 0 Å². The van der Waals surface area contributed by atoms with Gasteiger partial charge in [-0.25, -0.2) is 4.79 Å². The van der Waals surface area contributed by atoms with Gasteiger partial charge in [0.15, 0.2) is 0 Å². The zero-order valence-corrected chi connectivity index (χ0v) is 9.88. The van der Waals surface area contributed by atoms with Gasteiger partial charge in [0.05, 0.1) is 0 Å². The lowest BCUT2D eigenvalue weighted by molar-refractivity contribution is 0.368. The molecule has 0 fully saturated rings. The van der Waals surface area contributed by atoms with E-state index >= 15 is 0 Å². The molecule has 0 bridgehead atoms. The second-order valence-electron chi connectivity index (χ2n) is 4.49. The highest BCUT2D eigenvalue weighted by Crippen LogP contribution is 2.30. The number of hydrogen-bond acceptors (Lipinski definition) is 3. The molecule has 1 aliphatic rings. The zero-order chi connectivity index (χ0) is 11.2. The van der Waals surface area contributed by atoms with Crippen molar-refractivity contribution in [1.82, 2.24) is 9.55 Å². The molecule has 0 radical (unpaired) electrons. The molecule has 0 unspecified atom stereocenters. The van der Waals surface area contributed by atoms with Crippen LogP contribution in [0.1, 0.15) is 20.3 Å². The highest BCUT2D eigenvalue weighted by molar-refractivity contribution is 6.29. The summed E-state index contributed by atoms with van der Waals surface area (Å²) in [6, 6.07) is 1.74. The summed E-state index contributed by atoms with van der Waals surface area (Å²) in [6.45, 7) is 5.00. The van der Waals surface area contributed by atoms with Crippen LogP contribution in [0.4, 0.5) is 5.82 Å². The van der Waals surface area contributed by atoms with Gasteiger partial charge >= 0.3 is 5.69 Å². The highest BCUT2D eigenvalue weighted by Gasteiger charge is 2.30. The average molecular weight is 228 g/mol. The minimum Gasteiger partial charge on any atom is -0.356 e. The summed E-state index contributed by atoms with van der Waals surface area (Å²) in [4.78, 5) is 17.4. The van der Waals surface area contributed by atoms with Gasteiger partial charge in [0, 0.05) is 25.2 Å². The van der Waals surface area contributed by atoms with Crippen molar-refractivity contribution in [1.29, 1.82) is 0 Å². The van der Waals surface area contributed by atoms with Gasteiger partial charge in [0.1, 0.15) is 11.0 Å². The Morgan fingerprint density at radius 2 is 2.20 bits per heavy atom. The molecule has 0 saturated carbocycles. The Hall–Kier alpha value is -1.03. The first kappa shape index (κ1) is 10.5. The Labute approximate surface area is 93.5 Å². The van der Waals surface area contributed by atoms with Crippen LogP contribution in [0.15, 0.2) is 10.9 Å². The van der Waals surface area contributed by atoms with E-state index in [9.17, 15) is 4.79 Å². The third kappa shape index (κ3) is 1.63. The fourth-order valence-corrected chi connectivity index (χ4v) is 1.99. The number of anilines is 1. The number of nitrogens with zero attached hydrogens (tertiary/aromatic N) is 3.